The predicted octanol–water partition coefficient (Wildman–Crippen LogP) is -1.38. The first-order valence-electron chi connectivity index (χ1n) is 5.06. The molecule has 2 rings (SSSR count). The molecule has 0 aliphatic carbocycles. The summed E-state index contributed by atoms with van der Waals surface area (Å²) in [7, 11) is 1.75. The summed E-state index contributed by atoms with van der Waals surface area (Å²) in [6.45, 7) is 1.58. The van der Waals surface area contributed by atoms with Crippen LogP contribution in [0.4, 0.5) is 0 Å². The Hall–Kier alpha value is -1.05. The van der Waals surface area contributed by atoms with Crippen LogP contribution < -0.4 is 11.3 Å². The molecule has 0 radical (unpaired) electrons. The number of hydrazine groups is 1. The van der Waals surface area contributed by atoms with Crippen molar-refractivity contribution in [1.82, 2.24) is 25.6 Å². The Morgan fingerprint density at radius 1 is 1.73 bits per heavy atom. The number of nitrogens with one attached hydrogen (secondary N) is 1. The maximum atomic E-state index is 5.52. The van der Waals surface area contributed by atoms with Crippen molar-refractivity contribution in [1.29, 1.82) is 0 Å². The molecule has 7 nitrogen and oxygen atoms in total. The highest BCUT2D eigenvalue weighted by molar-refractivity contribution is 4.88. The summed E-state index contributed by atoms with van der Waals surface area (Å²) in [5.41, 5.74) is 2.80. The SMILES string of the molecule is Cn1nnc(CC(NN)C2CCOC2)n1. The zero-order chi connectivity index (χ0) is 10.7. The third kappa shape index (κ3) is 2.49. The van der Waals surface area contributed by atoms with Gasteiger partial charge in [0.2, 0.25) is 0 Å². The van der Waals surface area contributed by atoms with E-state index in [9.17, 15) is 0 Å². The van der Waals surface area contributed by atoms with Crippen molar-refractivity contribution in [2.45, 2.75) is 18.9 Å². The Morgan fingerprint density at radius 2 is 2.60 bits per heavy atom. The van der Waals surface area contributed by atoms with Gasteiger partial charge in [-0.25, -0.2) is 0 Å². The maximum absolute atomic E-state index is 5.52. The predicted molar refractivity (Wildman–Crippen MR) is 52.5 cm³/mol. The van der Waals surface area contributed by atoms with E-state index in [1.807, 2.05) is 0 Å². The molecule has 0 spiro atoms. The van der Waals surface area contributed by atoms with Gasteiger partial charge in [-0.1, -0.05) is 0 Å². The minimum Gasteiger partial charge on any atom is -0.381 e. The Kier molecular flexibility index (Phi) is 3.24. The normalized spacial score (nSPS) is 23.2. The standard InChI is InChI=1S/C8H16N6O/c1-14-12-8(11-13-14)4-7(10-9)6-2-3-15-5-6/h6-7,10H,2-5,9H2,1H3. The van der Waals surface area contributed by atoms with Crippen molar-refractivity contribution in [3.63, 3.8) is 0 Å². The van der Waals surface area contributed by atoms with Crippen molar-refractivity contribution < 1.29 is 4.74 Å². The topological polar surface area (TPSA) is 90.9 Å². The van der Waals surface area contributed by atoms with Crippen LogP contribution in [-0.4, -0.2) is 39.5 Å². The van der Waals surface area contributed by atoms with Crippen LogP contribution in [0.5, 0.6) is 0 Å². The molecule has 0 bridgehead atoms. The summed E-state index contributed by atoms with van der Waals surface area (Å²) in [5, 5.41) is 11.9. The van der Waals surface area contributed by atoms with Crippen LogP contribution >= 0.6 is 0 Å². The van der Waals surface area contributed by atoms with Gasteiger partial charge < -0.3 is 4.74 Å². The van der Waals surface area contributed by atoms with Gasteiger partial charge in [-0.05, 0) is 11.6 Å². The number of rotatable bonds is 4. The van der Waals surface area contributed by atoms with Gasteiger partial charge in [-0.15, -0.1) is 10.2 Å². The van der Waals surface area contributed by atoms with Gasteiger partial charge >= 0.3 is 0 Å². The van der Waals surface area contributed by atoms with Crippen LogP contribution in [-0.2, 0) is 18.2 Å². The first kappa shape index (κ1) is 10.5. The fourth-order valence-corrected chi connectivity index (χ4v) is 1.83. The fraction of sp³-hybridized carbons (Fsp3) is 0.875. The Labute approximate surface area is 87.9 Å². The van der Waals surface area contributed by atoms with E-state index in [0.29, 0.717) is 18.2 Å². The Morgan fingerprint density at radius 3 is 3.13 bits per heavy atom. The van der Waals surface area contributed by atoms with Gasteiger partial charge in [0.25, 0.3) is 0 Å². The molecule has 1 aliphatic rings. The van der Waals surface area contributed by atoms with E-state index in [2.05, 4.69) is 20.8 Å². The van der Waals surface area contributed by atoms with E-state index in [-0.39, 0.29) is 6.04 Å². The molecular weight excluding hydrogens is 196 g/mol. The molecule has 1 aliphatic heterocycles. The van der Waals surface area contributed by atoms with Crippen molar-refractivity contribution in [3.8, 4) is 0 Å². The summed E-state index contributed by atoms with van der Waals surface area (Å²) < 4.78 is 5.33. The van der Waals surface area contributed by atoms with Crippen molar-refractivity contribution in [2.24, 2.45) is 18.8 Å². The van der Waals surface area contributed by atoms with Gasteiger partial charge in [-0.3, -0.25) is 11.3 Å². The molecule has 3 N–H and O–H groups in total. The van der Waals surface area contributed by atoms with Crippen LogP contribution in [0.3, 0.4) is 0 Å². The molecule has 1 fully saturated rings. The molecule has 1 aromatic heterocycles. The molecule has 1 aromatic rings. The number of nitrogens with two attached hydrogens (primary N) is 1. The van der Waals surface area contributed by atoms with Crippen LogP contribution in [0.2, 0.25) is 0 Å². The van der Waals surface area contributed by atoms with Gasteiger partial charge in [0.15, 0.2) is 5.82 Å². The average molecular weight is 212 g/mol. The number of tetrazole rings is 1. The van der Waals surface area contributed by atoms with Crippen molar-refractivity contribution in [2.75, 3.05) is 13.2 Å². The van der Waals surface area contributed by atoms with E-state index in [1.54, 1.807) is 7.05 Å². The first-order valence-corrected chi connectivity index (χ1v) is 5.06. The number of aromatic nitrogens is 4. The second-order valence-corrected chi connectivity index (χ2v) is 3.80. The molecule has 1 saturated heterocycles. The second-order valence-electron chi connectivity index (χ2n) is 3.80. The number of hydrogen-bond acceptors (Lipinski definition) is 6. The van der Waals surface area contributed by atoms with Crippen molar-refractivity contribution in [3.05, 3.63) is 5.82 Å². The van der Waals surface area contributed by atoms with Crippen molar-refractivity contribution >= 4 is 0 Å². The number of nitrogens with zero attached hydrogens (tertiary/aromatic N) is 4. The van der Waals surface area contributed by atoms with E-state index in [0.717, 1.165) is 19.6 Å². The molecule has 0 saturated carbocycles. The monoisotopic (exact) mass is 212 g/mol. The molecule has 15 heavy (non-hydrogen) atoms. The largest absolute Gasteiger partial charge is 0.381 e. The summed E-state index contributed by atoms with van der Waals surface area (Å²) in [6.07, 6.45) is 1.73. The Bertz CT molecular complexity index is 308. The van der Waals surface area contributed by atoms with Crippen LogP contribution in [0.25, 0.3) is 0 Å². The highest BCUT2D eigenvalue weighted by Crippen LogP contribution is 2.18. The van der Waals surface area contributed by atoms with E-state index in [1.165, 1.54) is 4.80 Å². The summed E-state index contributed by atoms with van der Waals surface area (Å²) >= 11 is 0. The quantitative estimate of drug-likeness (QED) is 0.472. The Balaban J connectivity index is 1.95. The molecule has 0 aromatic carbocycles. The fourth-order valence-electron chi connectivity index (χ4n) is 1.83. The molecule has 2 unspecified atom stereocenters. The molecule has 84 valence electrons. The van der Waals surface area contributed by atoms with Crippen LogP contribution in [0.1, 0.15) is 12.2 Å². The summed E-state index contributed by atoms with van der Waals surface area (Å²) in [4.78, 5) is 1.45. The zero-order valence-electron chi connectivity index (χ0n) is 8.76. The highest BCUT2D eigenvalue weighted by Gasteiger charge is 2.26. The third-order valence-corrected chi connectivity index (χ3v) is 2.70. The highest BCUT2D eigenvalue weighted by atomic mass is 16.5. The number of hydrogen-bond donors (Lipinski definition) is 2. The molecule has 0 amide bonds. The lowest BCUT2D eigenvalue weighted by Crippen LogP contribution is -2.43. The van der Waals surface area contributed by atoms with E-state index in [4.69, 9.17) is 10.6 Å². The molecule has 2 atom stereocenters. The summed E-state index contributed by atoms with van der Waals surface area (Å²) in [6, 6.07) is 0.164. The first-order chi connectivity index (χ1) is 7.29. The van der Waals surface area contributed by atoms with Crippen LogP contribution in [0.15, 0.2) is 0 Å². The van der Waals surface area contributed by atoms with E-state index >= 15 is 0 Å². The lowest BCUT2D eigenvalue weighted by molar-refractivity contribution is 0.176. The maximum Gasteiger partial charge on any atom is 0.176 e. The average Bonchev–Trinajstić information content (AvgIpc) is 2.85. The lowest BCUT2D eigenvalue weighted by atomic mass is 9.97. The second kappa shape index (κ2) is 4.65. The minimum atomic E-state index is 0.164. The number of ether oxygens (including phenoxy) is 1. The van der Waals surface area contributed by atoms with Gasteiger partial charge in [-0.2, -0.15) is 4.80 Å². The summed E-state index contributed by atoms with van der Waals surface area (Å²) in [5.74, 6) is 6.68. The smallest absolute Gasteiger partial charge is 0.176 e. The van der Waals surface area contributed by atoms with Gasteiger partial charge in [0, 0.05) is 25.0 Å². The van der Waals surface area contributed by atoms with Gasteiger partial charge in [0.05, 0.1) is 13.7 Å². The molecule has 2 heterocycles. The van der Waals surface area contributed by atoms with E-state index < -0.39 is 0 Å². The molecule has 7 heteroatoms. The number of aryl methyl sites for hydroxylation is 1. The minimum absolute atomic E-state index is 0.164. The van der Waals surface area contributed by atoms with Gasteiger partial charge in [0.1, 0.15) is 0 Å². The molecular formula is C8H16N6O. The van der Waals surface area contributed by atoms with Crippen LogP contribution in [0, 0.1) is 5.92 Å². The third-order valence-electron chi connectivity index (χ3n) is 2.70. The zero-order valence-corrected chi connectivity index (χ0v) is 8.76. The lowest BCUT2D eigenvalue weighted by Gasteiger charge is -2.19.